The molecule has 0 atom stereocenters. The molecular formula is C29H38N8O3. The fourth-order valence-electron chi connectivity index (χ4n) is 5.20. The molecule has 1 amide bonds. The first-order valence-electron chi connectivity index (χ1n) is 13.9. The number of carbonyl (C=O) groups is 1. The first-order valence-corrected chi connectivity index (χ1v) is 13.9. The van der Waals surface area contributed by atoms with Crippen molar-refractivity contribution >= 4 is 23.5 Å². The number of ether oxygens (including phenoxy) is 1. The van der Waals surface area contributed by atoms with Crippen LogP contribution in [0.5, 0.6) is 5.75 Å². The standard InChI is InChI=1S/C29H38N8O3/c1-29(2,3)40-28(39)37-11-9-20(10-12-37)21-18-31-27(32-19-21)36-15-13-35(14-16-36)24-17-23(33-34-26(24)30-4)22-7-5-6-8-25(22)38/h5-8,17-20,38H,9-16H2,1-4H3,(H,30,34). The average molecular weight is 547 g/mol. The van der Waals surface area contributed by atoms with Gasteiger partial charge >= 0.3 is 6.09 Å². The molecule has 2 saturated heterocycles. The van der Waals surface area contributed by atoms with Crippen LogP contribution in [0.4, 0.5) is 22.2 Å². The SMILES string of the molecule is CNc1nnc(-c2ccccc2O)cc1N1CCN(c2ncc(C3CCN(C(=O)OC(C)(C)C)CC3)cn2)CC1. The van der Waals surface area contributed by atoms with Crippen LogP contribution in [0.25, 0.3) is 11.3 Å². The number of carbonyl (C=O) groups excluding carboxylic acids is 1. The second-order valence-corrected chi connectivity index (χ2v) is 11.3. The number of nitrogens with zero attached hydrogens (tertiary/aromatic N) is 7. The van der Waals surface area contributed by atoms with E-state index in [1.54, 1.807) is 17.0 Å². The molecule has 4 heterocycles. The van der Waals surface area contributed by atoms with Crippen LogP contribution < -0.4 is 15.1 Å². The molecule has 212 valence electrons. The number of para-hydroxylation sites is 1. The first kappa shape index (κ1) is 27.4. The molecule has 40 heavy (non-hydrogen) atoms. The lowest BCUT2D eigenvalue weighted by Crippen LogP contribution is -2.47. The van der Waals surface area contributed by atoms with Gasteiger partial charge < -0.3 is 29.9 Å². The van der Waals surface area contributed by atoms with Crippen molar-refractivity contribution in [3.8, 4) is 17.0 Å². The minimum Gasteiger partial charge on any atom is -0.507 e. The summed E-state index contributed by atoms with van der Waals surface area (Å²) in [5.41, 5.74) is 2.86. The van der Waals surface area contributed by atoms with Crippen LogP contribution >= 0.6 is 0 Å². The van der Waals surface area contributed by atoms with Crippen molar-refractivity contribution in [1.29, 1.82) is 0 Å². The number of likely N-dealkylation sites (tertiary alicyclic amines) is 1. The number of rotatable bonds is 5. The van der Waals surface area contributed by atoms with Gasteiger partial charge in [0.15, 0.2) is 5.82 Å². The van der Waals surface area contributed by atoms with Crippen molar-refractivity contribution < 1.29 is 14.6 Å². The quantitative estimate of drug-likeness (QED) is 0.483. The van der Waals surface area contributed by atoms with Crippen LogP contribution in [0.15, 0.2) is 42.7 Å². The van der Waals surface area contributed by atoms with Gasteiger partial charge in [0.1, 0.15) is 11.4 Å². The number of phenols is 1. The van der Waals surface area contributed by atoms with Crippen LogP contribution in [-0.2, 0) is 4.74 Å². The number of aromatic hydroxyl groups is 1. The second kappa shape index (κ2) is 11.5. The molecule has 2 fully saturated rings. The molecule has 2 aliphatic rings. The lowest BCUT2D eigenvalue weighted by Gasteiger charge is -2.36. The van der Waals surface area contributed by atoms with E-state index in [0.29, 0.717) is 36.1 Å². The summed E-state index contributed by atoms with van der Waals surface area (Å²) in [5.74, 6) is 1.94. The lowest BCUT2D eigenvalue weighted by molar-refractivity contribution is 0.0204. The van der Waals surface area contributed by atoms with E-state index in [1.165, 1.54) is 0 Å². The largest absolute Gasteiger partial charge is 0.507 e. The van der Waals surface area contributed by atoms with E-state index in [0.717, 1.165) is 56.2 Å². The van der Waals surface area contributed by atoms with Crippen molar-refractivity contribution in [2.24, 2.45) is 0 Å². The molecule has 1 aromatic carbocycles. The van der Waals surface area contributed by atoms with E-state index in [2.05, 4.69) is 25.3 Å². The number of nitrogens with one attached hydrogen (secondary N) is 1. The van der Waals surface area contributed by atoms with Gasteiger partial charge in [-0.1, -0.05) is 12.1 Å². The molecule has 5 rings (SSSR count). The Kier molecular flexibility index (Phi) is 7.90. The van der Waals surface area contributed by atoms with Gasteiger partial charge in [0.2, 0.25) is 5.95 Å². The molecule has 0 spiro atoms. The highest BCUT2D eigenvalue weighted by molar-refractivity contribution is 5.75. The Balaban J connectivity index is 1.19. The average Bonchev–Trinajstić information content (AvgIpc) is 2.96. The maximum atomic E-state index is 12.4. The summed E-state index contributed by atoms with van der Waals surface area (Å²) in [7, 11) is 1.83. The maximum Gasteiger partial charge on any atom is 0.410 e. The van der Waals surface area contributed by atoms with Gasteiger partial charge in [-0.05, 0) is 63.3 Å². The summed E-state index contributed by atoms with van der Waals surface area (Å²) in [4.78, 5) is 28.0. The molecule has 0 saturated carbocycles. The third-order valence-corrected chi connectivity index (χ3v) is 7.37. The number of phenolic OH excluding ortho intramolecular Hbond substituents is 1. The summed E-state index contributed by atoms with van der Waals surface area (Å²) < 4.78 is 5.51. The number of hydrogen-bond donors (Lipinski definition) is 2. The molecule has 0 radical (unpaired) electrons. The summed E-state index contributed by atoms with van der Waals surface area (Å²) in [6, 6.07) is 9.13. The van der Waals surface area contributed by atoms with Gasteiger partial charge in [-0.25, -0.2) is 14.8 Å². The molecule has 0 unspecified atom stereocenters. The van der Waals surface area contributed by atoms with Crippen molar-refractivity contribution in [2.45, 2.75) is 45.1 Å². The molecule has 2 N–H and O–H groups in total. The van der Waals surface area contributed by atoms with Crippen molar-refractivity contribution in [3.05, 3.63) is 48.3 Å². The monoisotopic (exact) mass is 546 g/mol. The molecule has 11 heteroatoms. The van der Waals surface area contributed by atoms with Crippen LogP contribution in [0.3, 0.4) is 0 Å². The third-order valence-electron chi connectivity index (χ3n) is 7.37. The Morgan fingerprint density at radius 3 is 2.25 bits per heavy atom. The Labute approximate surface area is 235 Å². The van der Waals surface area contributed by atoms with Gasteiger partial charge in [-0.2, -0.15) is 0 Å². The third kappa shape index (κ3) is 6.19. The van der Waals surface area contributed by atoms with E-state index in [-0.39, 0.29) is 11.8 Å². The Bertz CT molecular complexity index is 1310. The zero-order valence-corrected chi connectivity index (χ0v) is 23.7. The van der Waals surface area contributed by atoms with Crippen molar-refractivity contribution in [2.75, 3.05) is 61.4 Å². The number of amides is 1. The van der Waals surface area contributed by atoms with E-state index in [4.69, 9.17) is 14.7 Å². The predicted octanol–water partition coefficient (Wildman–Crippen LogP) is 4.12. The van der Waals surface area contributed by atoms with Crippen molar-refractivity contribution in [3.63, 3.8) is 0 Å². The smallest absolute Gasteiger partial charge is 0.410 e. The zero-order valence-electron chi connectivity index (χ0n) is 23.7. The minimum atomic E-state index is -0.484. The number of aromatic nitrogens is 4. The van der Waals surface area contributed by atoms with Crippen LogP contribution in [0.1, 0.15) is 45.1 Å². The highest BCUT2D eigenvalue weighted by Gasteiger charge is 2.28. The summed E-state index contributed by atoms with van der Waals surface area (Å²) in [5, 5.41) is 22.1. The number of piperidine rings is 1. The van der Waals surface area contributed by atoms with E-state index < -0.39 is 5.60 Å². The number of hydrogen-bond acceptors (Lipinski definition) is 10. The molecular weight excluding hydrogens is 508 g/mol. The minimum absolute atomic E-state index is 0.180. The van der Waals surface area contributed by atoms with Crippen LogP contribution in [-0.4, -0.2) is 88.2 Å². The summed E-state index contributed by atoms with van der Waals surface area (Å²) in [6.45, 7) is 10.1. The molecule has 0 aliphatic carbocycles. The number of piperazine rings is 1. The van der Waals surface area contributed by atoms with Crippen LogP contribution in [0, 0.1) is 0 Å². The van der Waals surface area contributed by atoms with Gasteiger partial charge in [0.25, 0.3) is 0 Å². The first-order chi connectivity index (χ1) is 19.2. The number of benzene rings is 1. The highest BCUT2D eigenvalue weighted by atomic mass is 16.6. The molecule has 11 nitrogen and oxygen atoms in total. The molecule has 3 aromatic rings. The molecule has 2 aromatic heterocycles. The Hall–Kier alpha value is -4.15. The fraction of sp³-hybridized carbons (Fsp3) is 0.483. The molecule has 0 bridgehead atoms. The normalized spacial score (nSPS) is 16.6. The zero-order chi connectivity index (χ0) is 28.3. The Morgan fingerprint density at radius 2 is 1.62 bits per heavy atom. The fourth-order valence-corrected chi connectivity index (χ4v) is 5.20. The summed E-state index contributed by atoms with van der Waals surface area (Å²) >= 11 is 0. The van der Waals surface area contributed by atoms with E-state index in [9.17, 15) is 9.90 Å². The van der Waals surface area contributed by atoms with Gasteiger partial charge in [0.05, 0.1) is 11.4 Å². The van der Waals surface area contributed by atoms with Gasteiger partial charge in [-0.3, -0.25) is 0 Å². The summed E-state index contributed by atoms with van der Waals surface area (Å²) in [6.07, 6.45) is 5.38. The van der Waals surface area contributed by atoms with E-state index >= 15 is 0 Å². The van der Waals surface area contributed by atoms with Gasteiger partial charge in [-0.15, -0.1) is 10.2 Å². The van der Waals surface area contributed by atoms with E-state index in [1.807, 2.05) is 58.4 Å². The van der Waals surface area contributed by atoms with Crippen LogP contribution in [0.2, 0.25) is 0 Å². The lowest BCUT2D eigenvalue weighted by atomic mass is 9.91. The number of anilines is 3. The van der Waals surface area contributed by atoms with Gasteiger partial charge in [0, 0.05) is 64.3 Å². The predicted molar refractivity (Wildman–Crippen MR) is 155 cm³/mol. The Morgan fingerprint density at radius 1 is 0.975 bits per heavy atom. The molecule has 2 aliphatic heterocycles. The highest BCUT2D eigenvalue weighted by Crippen LogP contribution is 2.33. The second-order valence-electron chi connectivity index (χ2n) is 11.3. The topological polar surface area (TPSA) is 120 Å². The van der Waals surface area contributed by atoms with Crippen molar-refractivity contribution in [1.82, 2.24) is 25.1 Å². The maximum absolute atomic E-state index is 12.4.